The molecule has 0 saturated heterocycles. The fourth-order valence-electron chi connectivity index (χ4n) is 2.86. The highest BCUT2D eigenvalue weighted by Gasteiger charge is 2.28. The molecule has 1 aromatic heterocycles. The third kappa shape index (κ3) is 3.01. The van der Waals surface area contributed by atoms with Gasteiger partial charge in [-0.25, -0.2) is 4.98 Å². The van der Waals surface area contributed by atoms with Gasteiger partial charge in [0, 0.05) is 25.4 Å². The standard InChI is InChI=1S/C13H20N4O2/c1-16(12-5-3-2-4-10(12)9-14)13-8-11(17(18)19)6-7-15-13/h6-8,10,12H,2-5,9,14H2,1H3. The van der Waals surface area contributed by atoms with E-state index in [1.165, 1.54) is 31.2 Å². The average Bonchev–Trinajstić information content (AvgIpc) is 2.46. The first kappa shape index (κ1) is 13.7. The van der Waals surface area contributed by atoms with E-state index in [-0.39, 0.29) is 10.6 Å². The SMILES string of the molecule is CN(c1cc([N+](=O)[O-])ccn1)C1CCCCC1CN. The maximum atomic E-state index is 10.8. The molecule has 2 atom stereocenters. The number of hydrogen-bond donors (Lipinski definition) is 1. The molecule has 104 valence electrons. The van der Waals surface area contributed by atoms with Crippen molar-refractivity contribution in [2.24, 2.45) is 11.7 Å². The Morgan fingerprint density at radius 2 is 2.26 bits per heavy atom. The summed E-state index contributed by atoms with van der Waals surface area (Å²) < 4.78 is 0. The van der Waals surface area contributed by atoms with Gasteiger partial charge in [-0.05, 0) is 25.3 Å². The summed E-state index contributed by atoms with van der Waals surface area (Å²) in [5.41, 5.74) is 5.91. The number of nitro groups is 1. The van der Waals surface area contributed by atoms with Crippen molar-refractivity contribution in [1.82, 2.24) is 4.98 Å². The number of hydrogen-bond acceptors (Lipinski definition) is 5. The fourth-order valence-corrected chi connectivity index (χ4v) is 2.86. The van der Waals surface area contributed by atoms with Crippen LogP contribution in [-0.2, 0) is 0 Å². The van der Waals surface area contributed by atoms with E-state index in [4.69, 9.17) is 5.73 Å². The number of nitrogens with two attached hydrogens (primary N) is 1. The lowest BCUT2D eigenvalue weighted by Crippen LogP contribution is -2.43. The Hall–Kier alpha value is -1.69. The van der Waals surface area contributed by atoms with Gasteiger partial charge in [-0.2, -0.15) is 0 Å². The molecule has 6 heteroatoms. The minimum atomic E-state index is -0.389. The van der Waals surface area contributed by atoms with E-state index in [1.807, 2.05) is 11.9 Å². The van der Waals surface area contributed by atoms with E-state index >= 15 is 0 Å². The van der Waals surface area contributed by atoms with Crippen LogP contribution in [0.25, 0.3) is 0 Å². The van der Waals surface area contributed by atoms with Crippen LogP contribution in [0.5, 0.6) is 0 Å². The second-order valence-corrected chi connectivity index (χ2v) is 5.09. The van der Waals surface area contributed by atoms with E-state index < -0.39 is 0 Å². The monoisotopic (exact) mass is 264 g/mol. The van der Waals surface area contributed by atoms with E-state index in [0.29, 0.717) is 24.3 Å². The third-order valence-corrected chi connectivity index (χ3v) is 3.97. The smallest absolute Gasteiger partial charge is 0.274 e. The van der Waals surface area contributed by atoms with Crippen molar-refractivity contribution in [2.75, 3.05) is 18.5 Å². The zero-order valence-corrected chi connectivity index (χ0v) is 11.2. The molecular weight excluding hydrogens is 244 g/mol. The van der Waals surface area contributed by atoms with Crippen molar-refractivity contribution in [3.8, 4) is 0 Å². The highest BCUT2D eigenvalue weighted by molar-refractivity contribution is 5.47. The molecule has 6 nitrogen and oxygen atoms in total. The first-order chi connectivity index (χ1) is 9.13. The Balaban J connectivity index is 2.20. The maximum Gasteiger partial charge on any atom is 0.274 e. The van der Waals surface area contributed by atoms with Crippen molar-refractivity contribution < 1.29 is 4.92 Å². The Bertz CT molecular complexity index is 452. The predicted molar refractivity (Wildman–Crippen MR) is 74.1 cm³/mol. The first-order valence-electron chi connectivity index (χ1n) is 6.67. The molecule has 1 aromatic rings. The summed E-state index contributed by atoms with van der Waals surface area (Å²) in [5, 5.41) is 10.8. The summed E-state index contributed by atoms with van der Waals surface area (Å²) in [7, 11) is 1.95. The van der Waals surface area contributed by atoms with Gasteiger partial charge in [-0.1, -0.05) is 12.8 Å². The molecule has 1 heterocycles. The van der Waals surface area contributed by atoms with E-state index in [9.17, 15) is 10.1 Å². The van der Waals surface area contributed by atoms with Crippen molar-refractivity contribution in [2.45, 2.75) is 31.7 Å². The maximum absolute atomic E-state index is 10.8. The first-order valence-corrected chi connectivity index (χ1v) is 6.67. The van der Waals surface area contributed by atoms with Crippen LogP contribution < -0.4 is 10.6 Å². The minimum absolute atomic E-state index is 0.0805. The highest BCUT2D eigenvalue weighted by Crippen LogP contribution is 2.30. The molecule has 2 N–H and O–H groups in total. The number of pyridine rings is 1. The quantitative estimate of drug-likeness (QED) is 0.663. The van der Waals surface area contributed by atoms with Gasteiger partial charge >= 0.3 is 0 Å². The average molecular weight is 264 g/mol. The van der Waals surface area contributed by atoms with Gasteiger partial charge in [0.05, 0.1) is 11.0 Å². The number of aromatic nitrogens is 1. The van der Waals surface area contributed by atoms with E-state index in [1.54, 1.807) is 0 Å². The summed E-state index contributed by atoms with van der Waals surface area (Å²) in [6.45, 7) is 0.657. The molecule has 1 saturated carbocycles. The summed E-state index contributed by atoms with van der Waals surface area (Å²) in [6, 6.07) is 3.27. The van der Waals surface area contributed by atoms with Gasteiger partial charge in [-0.3, -0.25) is 10.1 Å². The molecule has 0 aromatic carbocycles. The Kier molecular flexibility index (Phi) is 4.31. The molecule has 0 radical (unpaired) electrons. The Labute approximate surface area is 112 Å². The number of nitrogens with zero attached hydrogens (tertiary/aromatic N) is 3. The molecule has 2 unspecified atom stereocenters. The van der Waals surface area contributed by atoms with Gasteiger partial charge < -0.3 is 10.6 Å². The minimum Gasteiger partial charge on any atom is -0.356 e. The summed E-state index contributed by atoms with van der Waals surface area (Å²) >= 11 is 0. The van der Waals surface area contributed by atoms with Gasteiger partial charge in [-0.15, -0.1) is 0 Å². The Morgan fingerprint density at radius 3 is 2.95 bits per heavy atom. The largest absolute Gasteiger partial charge is 0.356 e. The van der Waals surface area contributed by atoms with Crippen LogP contribution in [0, 0.1) is 16.0 Å². The number of rotatable bonds is 4. The van der Waals surface area contributed by atoms with Gasteiger partial charge in [0.15, 0.2) is 0 Å². The second kappa shape index (κ2) is 5.97. The van der Waals surface area contributed by atoms with Crippen LogP contribution in [0.3, 0.4) is 0 Å². The van der Waals surface area contributed by atoms with Gasteiger partial charge in [0.1, 0.15) is 5.82 Å². The molecule has 0 amide bonds. The topological polar surface area (TPSA) is 85.3 Å². The molecular formula is C13H20N4O2. The predicted octanol–water partition coefficient (Wildman–Crippen LogP) is 1.94. The van der Waals surface area contributed by atoms with Crippen LogP contribution in [0.1, 0.15) is 25.7 Å². The summed E-state index contributed by atoms with van der Waals surface area (Å²) in [6.07, 6.45) is 6.09. The van der Waals surface area contributed by atoms with E-state index in [0.717, 1.165) is 12.8 Å². The molecule has 19 heavy (non-hydrogen) atoms. The molecule has 0 bridgehead atoms. The van der Waals surface area contributed by atoms with Crippen LogP contribution in [0.2, 0.25) is 0 Å². The van der Waals surface area contributed by atoms with Crippen LogP contribution in [-0.4, -0.2) is 29.5 Å². The Morgan fingerprint density at radius 1 is 1.53 bits per heavy atom. The third-order valence-electron chi connectivity index (χ3n) is 3.97. The zero-order chi connectivity index (χ0) is 13.8. The normalized spacial score (nSPS) is 23.1. The van der Waals surface area contributed by atoms with Crippen molar-refractivity contribution in [1.29, 1.82) is 0 Å². The lowest BCUT2D eigenvalue weighted by molar-refractivity contribution is -0.384. The van der Waals surface area contributed by atoms with Crippen LogP contribution >= 0.6 is 0 Å². The molecule has 2 rings (SSSR count). The summed E-state index contributed by atoms with van der Waals surface area (Å²) in [4.78, 5) is 16.7. The lowest BCUT2D eigenvalue weighted by Gasteiger charge is -2.38. The molecule has 1 fully saturated rings. The van der Waals surface area contributed by atoms with Gasteiger partial charge in [0.2, 0.25) is 0 Å². The summed E-state index contributed by atoms with van der Waals surface area (Å²) in [5.74, 6) is 1.10. The zero-order valence-electron chi connectivity index (χ0n) is 11.2. The number of anilines is 1. The molecule has 0 aliphatic heterocycles. The highest BCUT2D eigenvalue weighted by atomic mass is 16.6. The van der Waals surface area contributed by atoms with Crippen molar-refractivity contribution >= 4 is 11.5 Å². The van der Waals surface area contributed by atoms with Gasteiger partial charge in [0.25, 0.3) is 5.69 Å². The molecule has 1 aliphatic rings. The lowest BCUT2D eigenvalue weighted by atomic mass is 9.84. The molecule has 0 spiro atoms. The molecule has 1 aliphatic carbocycles. The van der Waals surface area contributed by atoms with Crippen molar-refractivity contribution in [3.05, 3.63) is 28.4 Å². The van der Waals surface area contributed by atoms with Crippen LogP contribution in [0.15, 0.2) is 18.3 Å². The fraction of sp³-hybridized carbons (Fsp3) is 0.615. The second-order valence-electron chi connectivity index (χ2n) is 5.09. The van der Waals surface area contributed by atoms with E-state index in [2.05, 4.69) is 4.98 Å². The van der Waals surface area contributed by atoms with Crippen molar-refractivity contribution in [3.63, 3.8) is 0 Å². The van der Waals surface area contributed by atoms with Crippen LogP contribution in [0.4, 0.5) is 11.5 Å².